The highest BCUT2D eigenvalue weighted by molar-refractivity contribution is 7.99. The van der Waals surface area contributed by atoms with Crippen molar-refractivity contribution in [1.82, 2.24) is 19.9 Å². The molecule has 0 aliphatic carbocycles. The Bertz CT molecular complexity index is 1250. The van der Waals surface area contributed by atoms with Crippen LogP contribution in [-0.2, 0) is 11.3 Å². The van der Waals surface area contributed by atoms with E-state index in [1.807, 2.05) is 68.4 Å². The van der Waals surface area contributed by atoms with Crippen LogP contribution in [0.4, 0.5) is 0 Å². The molecule has 2 aromatic heterocycles. The van der Waals surface area contributed by atoms with Crippen LogP contribution < -0.4 is 14.8 Å². The van der Waals surface area contributed by atoms with Gasteiger partial charge in [0.05, 0.1) is 25.7 Å². The van der Waals surface area contributed by atoms with E-state index in [-0.39, 0.29) is 11.7 Å². The van der Waals surface area contributed by atoms with Gasteiger partial charge in [-0.05, 0) is 43.7 Å². The third-order valence-electron chi connectivity index (χ3n) is 5.07. The summed E-state index contributed by atoms with van der Waals surface area (Å²) in [6, 6.07) is 17.5. The first-order valence-electron chi connectivity index (χ1n) is 10.7. The lowest BCUT2D eigenvalue weighted by atomic mass is 10.1. The van der Waals surface area contributed by atoms with Crippen LogP contribution in [0.3, 0.4) is 0 Å². The fraction of sp³-hybridized carbons (Fsp3) is 0.240. The SMILES string of the molecule is CCOc1ccccc1CNC(=O)CSc1cc(C)nc2c(-c3ccc(OC)cc3)cnn12. The summed E-state index contributed by atoms with van der Waals surface area (Å²) in [6.45, 7) is 4.89. The Hall–Kier alpha value is -3.52. The Balaban J connectivity index is 1.46. The smallest absolute Gasteiger partial charge is 0.230 e. The van der Waals surface area contributed by atoms with Gasteiger partial charge in [-0.2, -0.15) is 5.10 Å². The second-order valence-electron chi connectivity index (χ2n) is 7.36. The van der Waals surface area contributed by atoms with Crippen molar-refractivity contribution in [3.8, 4) is 22.6 Å². The first kappa shape index (κ1) is 22.7. The molecule has 0 aliphatic rings. The van der Waals surface area contributed by atoms with E-state index in [1.165, 1.54) is 11.8 Å². The minimum Gasteiger partial charge on any atom is -0.497 e. The average Bonchev–Trinajstić information content (AvgIpc) is 3.26. The van der Waals surface area contributed by atoms with Crippen LogP contribution in [0.1, 0.15) is 18.2 Å². The Morgan fingerprint density at radius 1 is 1.15 bits per heavy atom. The number of ether oxygens (including phenoxy) is 2. The molecule has 0 radical (unpaired) electrons. The number of aromatic nitrogens is 3. The minimum atomic E-state index is -0.0588. The molecule has 8 heteroatoms. The van der Waals surface area contributed by atoms with Gasteiger partial charge in [0.2, 0.25) is 5.91 Å². The second-order valence-corrected chi connectivity index (χ2v) is 8.36. The van der Waals surface area contributed by atoms with E-state index in [0.717, 1.165) is 44.6 Å². The average molecular weight is 463 g/mol. The summed E-state index contributed by atoms with van der Waals surface area (Å²) in [5.41, 5.74) is 4.52. The molecule has 0 aliphatic heterocycles. The number of rotatable bonds is 9. The van der Waals surface area contributed by atoms with Crippen LogP contribution >= 0.6 is 11.8 Å². The molecular weight excluding hydrogens is 436 g/mol. The fourth-order valence-corrected chi connectivity index (χ4v) is 4.35. The summed E-state index contributed by atoms with van der Waals surface area (Å²) in [5.74, 6) is 1.80. The first-order chi connectivity index (χ1) is 16.1. The molecule has 1 N–H and O–H groups in total. The van der Waals surface area contributed by atoms with Crippen LogP contribution in [0.15, 0.2) is 65.8 Å². The van der Waals surface area contributed by atoms with Gasteiger partial charge in [-0.3, -0.25) is 4.79 Å². The summed E-state index contributed by atoms with van der Waals surface area (Å²) in [6.07, 6.45) is 1.80. The lowest BCUT2D eigenvalue weighted by Gasteiger charge is -2.11. The Kier molecular flexibility index (Phi) is 7.14. The maximum absolute atomic E-state index is 12.5. The molecular formula is C25H26N4O3S. The summed E-state index contributed by atoms with van der Waals surface area (Å²) in [7, 11) is 1.65. The largest absolute Gasteiger partial charge is 0.497 e. The van der Waals surface area contributed by atoms with Crippen molar-refractivity contribution in [2.45, 2.75) is 25.4 Å². The van der Waals surface area contributed by atoms with Crippen LogP contribution in [-0.4, -0.2) is 40.0 Å². The van der Waals surface area contributed by atoms with E-state index in [4.69, 9.17) is 9.47 Å². The molecule has 33 heavy (non-hydrogen) atoms. The van der Waals surface area contributed by atoms with E-state index >= 15 is 0 Å². The zero-order chi connectivity index (χ0) is 23.2. The van der Waals surface area contributed by atoms with Crippen molar-refractivity contribution in [2.24, 2.45) is 0 Å². The maximum atomic E-state index is 12.5. The number of methoxy groups -OCH3 is 1. The second kappa shape index (κ2) is 10.4. The van der Waals surface area contributed by atoms with Crippen molar-refractivity contribution in [1.29, 1.82) is 0 Å². The Labute approximate surface area is 197 Å². The predicted octanol–water partition coefficient (Wildman–Crippen LogP) is 4.52. The number of aryl methyl sites for hydroxylation is 1. The normalized spacial score (nSPS) is 10.9. The molecule has 1 amide bonds. The lowest BCUT2D eigenvalue weighted by Crippen LogP contribution is -2.25. The van der Waals surface area contributed by atoms with Gasteiger partial charge in [-0.15, -0.1) is 0 Å². The third kappa shape index (κ3) is 5.28. The number of hydrogen-bond acceptors (Lipinski definition) is 6. The van der Waals surface area contributed by atoms with E-state index in [2.05, 4.69) is 15.4 Å². The fourth-order valence-electron chi connectivity index (χ4n) is 3.46. The number of amides is 1. The van der Waals surface area contributed by atoms with Crippen molar-refractivity contribution in [3.63, 3.8) is 0 Å². The van der Waals surface area contributed by atoms with Crippen molar-refractivity contribution in [3.05, 3.63) is 72.1 Å². The number of hydrogen-bond donors (Lipinski definition) is 1. The van der Waals surface area contributed by atoms with Crippen LogP contribution in [0, 0.1) is 6.92 Å². The van der Waals surface area contributed by atoms with Crippen LogP contribution in [0.2, 0.25) is 0 Å². The van der Waals surface area contributed by atoms with E-state index in [1.54, 1.807) is 17.8 Å². The van der Waals surface area contributed by atoms with E-state index < -0.39 is 0 Å². The highest BCUT2D eigenvalue weighted by atomic mass is 32.2. The van der Waals surface area contributed by atoms with Crippen molar-refractivity contribution >= 4 is 23.3 Å². The first-order valence-corrected chi connectivity index (χ1v) is 11.7. The number of carbonyl (C=O) groups is 1. The van der Waals surface area contributed by atoms with Gasteiger partial charge in [0, 0.05) is 23.4 Å². The molecule has 0 fully saturated rings. The topological polar surface area (TPSA) is 77.8 Å². The summed E-state index contributed by atoms with van der Waals surface area (Å²) < 4.78 is 12.7. The van der Waals surface area contributed by atoms with Gasteiger partial charge in [-0.25, -0.2) is 9.50 Å². The number of benzene rings is 2. The van der Waals surface area contributed by atoms with Gasteiger partial charge in [0.15, 0.2) is 5.65 Å². The quantitative estimate of drug-likeness (QED) is 0.291. The molecule has 4 rings (SSSR count). The lowest BCUT2D eigenvalue weighted by molar-refractivity contribution is -0.118. The highest BCUT2D eigenvalue weighted by Crippen LogP contribution is 2.29. The van der Waals surface area contributed by atoms with Crippen LogP contribution in [0.5, 0.6) is 11.5 Å². The number of para-hydroxylation sites is 1. The molecule has 0 atom stereocenters. The molecule has 4 aromatic rings. The molecule has 0 spiro atoms. The maximum Gasteiger partial charge on any atom is 0.230 e. The number of nitrogens with one attached hydrogen (secondary N) is 1. The Morgan fingerprint density at radius 3 is 2.70 bits per heavy atom. The Morgan fingerprint density at radius 2 is 1.94 bits per heavy atom. The molecule has 0 saturated carbocycles. The monoisotopic (exact) mass is 462 g/mol. The summed E-state index contributed by atoms with van der Waals surface area (Å²) in [5, 5.41) is 8.37. The zero-order valence-electron chi connectivity index (χ0n) is 18.9. The van der Waals surface area contributed by atoms with Crippen LogP contribution in [0.25, 0.3) is 16.8 Å². The molecule has 2 aromatic carbocycles. The summed E-state index contributed by atoms with van der Waals surface area (Å²) >= 11 is 1.43. The summed E-state index contributed by atoms with van der Waals surface area (Å²) in [4.78, 5) is 17.2. The number of nitrogens with zero attached hydrogens (tertiary/aromatic N) is 3. The minimum absolute atomic E-state index is 0.0588. The van der Waals surface area contributed by atoms with Gasteiger partial charge in [0.1, 0.15) is 16.5 Å². The highest BCUT2D eigenvalue weighted by Gasteiger charge is 2.14. The van der Waals surface area contributed by atoms with E-state index in [0.29, 0.717) is 13.2 Å². The zero-order valence-corrected chi connectivity index (χ0v) is 19.7. The number of fused-ring (bicyclic) bond motifs is 1. The van der Waals surface area contributed by atoms with Crippen molar-refractivity contribution in [2.75, 3.05) is 19.5 Å². The van der Waals surface area contributed by atoms with Gasteiger partial charge in [0.25, 0.3) is 0 Å². The number of thioether (sulfide) groups is 1. The molecule has 2 heterocycles. The van der Waals surface area contributed by atoms with Gasteiger partial charge >= 0.3 is 0 Å². The standard InChI is InChI=1S/C25H26N4O3S/c1-4-32-22-8-6-5-7-19(22)14-26-23(30)16-33-24-13-17(2)28-25-21(15-27-29(24)25)18-9-11-20(31-3)12-10-18/h5-13,15H,4,14,16H2,1-3H3,(H,26,30). The molecule has 0 bridgehead atoms. The molecule has 7 nitrogen and oxygen atoms in total. The van der Waals surface area contributed by atoms with Gasteiger partial charge in [-0.1, -0.05) is 42.1 Å². The predicted molar refractivity (Wildman–Crippen MR) is 130 cm³/mol. The number of carbonyl (C=O) groups excluding carboxylic acids is 1. The third-order valence-corrected chi connectivity index (χ3v) is 6.06. The molecule has 0 saturated heterocycles. The molecule has 170 valence electrons. The van der Waals surface area contributed by atoms with E-state index in [9.17, 15) is 4.79 Å². The van der Waals surface area contributed by atoms with Gasteiger partial charge < -0.3 is 14.8 Å². The molecule has 0 unspecified atom stereocenters. The van der Waals surface area contributed by atoms with Crippen molar-refractivity contribution < 1.29 is 14.3 Å².